The summed E-state index contributed by atoms with van der Waals surface area (Å²) in [4.78, 5) is 24.0. The van der Waals surface area contributed by atoms with E-state index in [0.717, 1.165) is 0 Å². The minimum absolute atomic E-state index is 0.0627. The van der Waals surface area contributed by atoms with E-state index in [1.807, 2.05) is 6.07 Å². The van der Waals surface area contributed by atoms with Crippen LogP contribution in [0.15, 0.2) is 42.5 Å². The smallest absolute Gasteiger partial charge is 0.307 e. The molecule has 0 spiro atoms. The highest BCUT2D eigenvalue weighted by Gasteiger charge is 2.19. The van der Waals surface area contributed by atoms with Crippen molar-refractivity contribution in [2.75, 3.05) is 20.8 Å². The Morgan fingerprint density at radius 2 is 1.87 bits per heavy atom. The number of carbonyl (C=O) groups is 2. The molecule has 2 rings (SSSR count). The minimum Gasteiger partial charge on any atom is -0.493 e. The van der Waals surface area contributed by atoms with Gasteiger partial charge < -0.3 is 19.5 Å². The van der Waals surface area contributed by atoms with Crippen molar-refractivity contribution in [3.63, 3.8) is 0 Å². The molecule has 0 aliphatic heterocycles. The average Bonchev–Trinajstić information content (AvgIpc) is 2.76. The van der Waals surface area contributed by atoms with Gasteiger partial charge in [-0.3, -0.25) is 9.59 Å². The van der Waals surface area contributed by atoms with E-state index in [0.29, 0.717) is 29.0 Å². The molecule has 0 fully saturated rings. The van der Waals surface area contributed by atoms with Gasteiger partial charge in [-0.1, -0.05) is 12.1 Å². The van der Waals surface area contributed by atoms with Gasteiger partial charge in [-0.25, -0.2) is 4.39 Å². The third-order valence-corrected chi connectivity index (χ3v) is 4.30. The predicted molar refractivity (Wildman–Crippen MR) is 106 cm³/mol. The second-order valence-corrected chi connectivity index (χ2v) is 6.38. The number of carbonyl (C=O) groups excluding carboxylic acids is 2. The zero-order chi connectivity index (χ0) is 21.9. The van der Waals surface area contributed by atoms with E-state index in [1.165, 1.54) is 38.5 Å². The topological polar surface area (TPSA) is 97.6 Å². The van der Waals surface area contributed by atoms with Gasteiger partial charge >= 0.3 is 5.97 Å². The zero-order valence-corrected chi connectivity index (χ0v) is 16.8. The Hall–Kier alpha value is -3.60. The fourth-order valence-electron chi connectivity index (χ4n) is 2.74. The Morgan fingerprint density at radius 1 is 1.13 bits per heavy atom. The fraction of sp³-hybridized carbons (Fsp3) is 0.318. The molecule has 8 heteroatoms. The Bertz CT molecular complexity index is 909. The monoisotopic (exact) mass is 414 g/mol. The van der Waals surface area contributed by atoms with Crippen LogP contribution in [-0.4, -0.2) is 32.7 Å². The number of esters is 1. The molecule has 0 bridgehead atoms. The van der Waals surface area contributed by atoms with Crippen LogP contribution in [0.3, 0.4) is 0 Å². The van der Waals surface area contributed by atoms with Crippen LogP contribution in [0.5, 0.6) is 11.5 Å². The van der Waals surface area contributed by atoms with Crippen molar-refractivity contribution in [2.24, 2.45) is 0 Å². The lowest BCUT2D eigenvalue weighted by Crippen LogP contribution is -2.30. The van der Waals surface area contributed by atoms with E-state index in [9.17, 15) is 14.0 Å². The number of benzene rings is 2. The number of amides is 1. The molecule has 1 N–H and O–H groups in total. The van der Waals surface area contributed by atoms with Crippen LogP contribution < -0.4 is 14.8 Å². The van der Waals surface area contributed by atoms with Crippen molar-refractivity contribution in [3.8, 4) is 17.6 Å². The largest absolute Gasteiger partial charge is 0.493 e. The first-order valence-corrected chi connectivity index (χ1v) is 9.29. The van der Waals surface area contributed by atoms with Crippen LogP contribution in [0.25, 0.3) is 0 Å². The highest BCUT2D eigenvalue weighted by atomic mass is 19.1. The number of ether oxygens (including phenoxy) is 3. The van der Waals surface area contributed by atoms with Crippen molar-refractivity contribution in [1.29, 1.82) is 5.26 Å². The van der Waals surface area contributed by atoms with Crippen molar-refractivity contribution >= 4 is 11.9 Å². The maximum Gasteiger partial charge on any atom is 0.307 e. The molecule has 1 atom stereocenters. The Labute approximate surface area is 174 Å². The summed E-state index contributed by atoms with van der Waals surface area (Å²) < 4.78 is 28.7. The maximum atomic E-state index is 13.2. The van der Waals surface area contributed by atoms with E-state index in [-0.39, 0.29) is 25.4 Å². The van der Waals surface area contributed by atoms with Crippen LogP contribution in [0.2, 0.25) is 0 Å². The third-order valence-electron chi connectivity index (χ3n) is 4.30. The average molecular weight is 414 g/mol. The van der Waals surface area contributed by atoms with Crippen LogP contribution in [0, 0.1) is 17.1 Å². The molecule has 0 aromatic heterocycles. The van der Waals surface area contributed by atoms with E-state index >= 15 is 0 Å². The predicted octanol–water partition coefficient (Wildman–Crippen LogP) is 3.29. The summed E-state index contributed by atoms with van der Waals surface area (Å²) in [6, 6.07) is 11.8. The number of hydrogen-bond donors (Lipinski definition) is 1. The van der Waals surface area contributed by atoms with Gasteiger partial charge in [0.1, 0.15) is 5.82 Å². The van der Waals surface area contributed by atoms with E-state index in [4.69, 9.17) is 14.7 Å². The lowest BCUT2D eigenvalue weighted by atomic mass is 10.0. The van der Waals surface area contributed by atoms with Crippen molar-refractivity contribution in [1.82, 2.24) is 5.32 Å². The molecule has 0 aliphatic carbocycles. The second kappa shape index (κ2) is 11.4. The SMILES string of the molecule is COC(=O)CC(NC(=O)CCCOc1ccc(C#N)cc1OC)c1ccc(F)cc1. The molecule has 0 saturated heterocycles. The quantitative estimate of drug-likeness (QED) is 0.473. The first-order valence-electron chi connectivity index (χ1n) is 9.29. The number of methoxy groups -OCH3 is 2. The molecule has 1 unspecified atom stereocenters. The summed E-state index contributed by atoms with van der Waals surface area (Å²) in [6.07, 6.45) is 0.521. The van der Waals surface area contributed by atoms with E-state index in [2.05, 4.69) is 10.1 Å². The molecule has 0 aliphatic rings. The van der Waals surface area contributed by atoms with E-state index < -0.39 is 17.8 Å². The Kier molecular flexibility index (Phi) is 8.63. The second-order valence-electron chi connectivity index (χ2n) is 6.38. The lowest BCUT2D eigenvalue weighted by molar-refractivity contribution is -0.141. The standard InChI is InChI=1S/C22H23FN2O5/c1-28-20-12-15(14-24)5-10-19(20)30-11-3-4-21(26)25-18(13-22(27)29-2)16-6-8-17(23)9-7-16/h5-10,12,18H,3-4,11,13H2,1-2H3,(H,25,26). The van der Waals surface area contributed by atoms with Gasteiger partial charge in [0.05, 0.1) is 44.9 Å². The van der Waals surface area contributed by atoms with Crippen LogP contribution >= 0.6 is 0 Å². The number of hydrogen-bond acceptors (Lipinski definition) is 6. The molecule has 0 heterocycles. The van der Waals surface area contributed by atoms with Crippen LogP contribution in [0.1, 0.15) is 36.4 Å². The van der Waals surface area contributed by atoms with Gasteiger partial charge in [0.2, 0.25) is 5.91 Å². The fourth-order valence-corrected chi connectivity index (χ4v) is 2.74. The van der Waals surface area contributed by atoms with Gasteiger partial charge in [0.25, 0.3) is 0 Å². The summed E-state index contributed by atoms with van der Waals surface area (Å²) in [5.74, 6) is -0.249. The molecule has 0 radical (unpaired) electrons. The van der Waals surface area contributed by atoms with Gasteiger partial charge in [-0.15, -0.1) is 0 Å². The summed E-state index contributed by atoms with van der Waals surface area (Å²) >= 11 is 0. The number of halogens is 1. The van der Waals surface area contributed by atoms with Crippen LogP contribution in [0.4, 0.5) is 4.39 Å². The highest BCUT2D eigenvalue weighted by molar-refractivity contribution is 5.78. The maximum absolute atomic E-state index is 13.2. The molecular formula is C22H23FN2O5. The van der Waals surface area contributed by atoms with E-state index in [1.54, 1.807) is 18.2 Å². The van der Waals surface area contributed by atoms with Gasteiger partial charge in [-0.2, -0.15) is 5.26 Å². The first-order chi connectivity index (χ1) is 14.5. The summed E-state index contributed by atoms with van der Waals surface area (Å²) in [5.41, 5.74) is 1.06. The highest BCUT2D eigenvalue weighted by Crippen LogP contribution is 2.28. The summed E-state index contributed by atoms with van der Waals surface area (Å²) in [5, 5.41) is 11.7. The van der Waals surface area contributed by atoms with Gasteiger partial charge in [0.15, 0.2) is 11.5 Å². The Balaban J connectivity index is 1.89. The third kappa shape index (κ3) is 6.78. The number of rotatable bonds is 10. The zero-order valence-electron chi connectivity index (χ0n) is 16.8. The number of nitriles is 1. The van der Waals surface area contributed by atoms with Crippen LogP contribution in [-0.2, 0) is 14.3 Å². The summed E-state index contributed by atoms with van der Waals surface area (Å²) in [7, 11) is 2.74. The minimum atomic E-state index is -0.620. The first kappa shape index (κ1) is 22.7. The molecule has 2 aromatic rings. The van der Waals surface area contributed by atoms with Gasteiger partial charge in [0, 0.05) is 12.5 Å². The molecular weight excluding hydrogens is 391 g/mol. The molecule has 30 heavy (non-hydrogen) atoms. The number of nitrogens with zero attached hydrogens (tertiary/aromatic N) is 1. The molecule has 158 valence electrons. The lowest BCUT2D eigenvalue weighted by Gasteiger charge is -2.18. The normalized spacial score (nSPS) is 11.1. The summed E-state index contributed by atoms with van der Waals surface area (Å²) in [6.45, 7) is 0.258. The van der Waals surface area contributed by atoms with Gasteiger partial charge in [-0.05, 0) is 36.2 Å². The molecule has 1 amide bonds. The van der Waals surface area contributed by atoms with Crippen molar-refractivity contribution in [2.45, 2.75) is 25.3 Å². The number of nitrogens with one attached hydrogen (secondary N) is 1. The molecule has 7 nitrogen and oxygen atoms in total. The van der Waals surface area contributed by atoms with Crippen molar-refractivity contribution in [3.05, 3.63) is 59.4 Å². The molecule has 2 aromatic carbocycles. The van der Waals surface area contributed by atoms with Crippen molar-refractivity contribution < 1.29 is 28.2 Å². The Morgan fingerprint density at radius 3 is 2.50 bits per heavy atom. The molecule has 0 saturated carbocycles.